The van der Waals surface area contributed by atoms with Gasteiger partial charge in [-0.1, -0.05) is 64.9 Å². The molecule has 0 saturated heterocycles. The maximum atomic E-state index is 5.95. The molecule has 2 aromatic carbocycles. The monoisotopic (exact) mass is 367 g/mol. The quantitative estimate of drug-likeness (QED) is 0.620. The van der Waals surface area contributed by atoms with Crippen molar-refractivity contribution in [2.75, 3.05) is 5.75 Å². The van der Waals surface area contributed by atoms with Crippen LogP contribution in [0.4, 0.5) is 0 Å². The van der Waals surface area contributed by atoms with Gasteiger partial charge in [0.2, 0.25) is 0 Å². The number of aliphatic imine (C=N–C) groups is 1. The van der Waals surface area contributed by atoms with Crippen molar-refractivity contribution >= 4 is 22.6 Å². The van der Waals surface area contributed by atoms with E-state index in [9.17, 15) is 0 Å². The molecular formula is C21H25N3OS. The highest BCUT2D eigenvalue weighted by Crippen LogP contribution is 2.35. The summed E-state index contributed by atoms with van der Waals surface area (Å²) < 4.78 is 0. The predicted molar refractivity (Wildman–Crippen MR) is 111 cm³/mol. The summed E-state index contributed by atoms with van der Waals surface area (Å²) in [6, 6.07) is 16.6. The minimum atomic E-state index is -0.269. The zero-order valence-corrected chi connectivity index (χ0v) is 16.3. The van der Waals surface area contributed by atoms with Gasteiger partial charge in [0.05, 0.1) is 11.3 Å². The third kappa shape index (κ3) is 4.47. The number of nitrogens with zero attached hydrogens (tertiary/aromatic N) is 2. The first-order valence-corrected chi connectivity index (χ1v) is 9.76. The van der Waals surface area contributed by atoms with Crippen LogP contribution in [0.25, 0.3) is 0 Å². The fourth-order valence-corrected chi connectivity index (χ4v) is 3.89. The third-order valence-electron chi connectivity index (χ3n) is 4.65. The second-order valence-electron chi connectivity index (χ2n) is 6.84. The Morgan fingerprint density at radius 1 is 1.27 bits per heavy atom. The Morgan fingerprint density at radius 2 is 2.04 bits per heavy atom. The molecule has 3 rings (SSSR count). The molecule has 0 fully saturated rings. The molecule has 0 aliphatic carbocycles. The Morgan fingerprint density at radius 3 is 2.77 bits per heavy atom. The van der Waals surface area contributed by atoms with Crippen molar-refractivity contribution < 1.29 is 4.84 Å². The molecular weight excluding hydrogens is 342 g/mol. The van der Waals surface area contributed by atoms with Crippen LogP contribution in [0.1, 0.15) is 42.5 Å². The molecule has 1 atom stereocenters. The molecule has 1 aliphatic heterocycles. The molecule has 1 aliphatic rings. The SMILES string of the molecule is C/C(=N\OCc1ccc(C)cc1)c1cccc(C2(C)CCSC(N)=N2)c1. The van der Waals surface area contributed by atoms with E-state index in [1.54, 1.807) is 11.8 Å². The highest BCUT2D eigenvalue weighted by molar-refractivity contribution is 8.13. The molecule has 4 nitrogen and oxygen atoms in total. The Kier molecular flexibility index (Phi) is 5.67. The number of benzene rings is 2. The van der Waals surface area contributed by atoms with Crippen LogP contribution in [0.2, 0.25) is 0 Å². The summed E-state index contributed by atoms with van der Waals surface area (Å²) in [5.41, 5.74) is 11.1. The highest BCUT2D eigenvalue weighted by atomic mass is 32.2. The van der Waals surface area contributed by atoms with Gasteiger partial charge in [0.1, 0.15) is 6.61 Å². The molecule has 1 heterocycles. The number of aryl methyl sites for hydroxylation is 1. The van der Waals surface area contributed by atoms with E-state index in [1.807, 2.05) is 19.1 Å². The highest BCUT2D eigenvalue weighted by Gasteiger charge is 2.29. The molecule has 0 amide bonds. The minimum Gasteiger partial charge on any atom is -0.391 e. The fourth-order valence-electron chi connectivity index (χ4n) is 2.91. The maximum Gasteiger partial charge on any atom is 0.154 e. The van der Waals surface area contributed by atoms with Gasteiger partial charge in [-0.15, -0.1) is 0 Å². The van der Waals surface area contributed by atoms with Crippen LogP contribution in [-0.2, 0) is 17.0 Å². The first-order chi connectivity index (χ1) is 12.5. The number of oxime groups is 1. The van der Waals surface area contributed by atoms with Gasteiger partial charge in [0.25, 0.3) is 0 Å². The summed E-state index contributed by atoms with van der Waals surface area (Å²) in [7, 11) is 0. The Balaban J connectivity index is 1.72. The minimum absolute atomic E-state index is 0.269. The largest absolute Gasteiger partial charge is 0.391 e. The van der Waals surface area contributed by atoms with Crippen molar-refractivity contribution in [1.29, 1.82) is 0 Å². The van der Waals surface area contributed by atoms with Gasteiger partial charge in [-0.05, 0) is 49.9 Å². The Bertz CT molecular complexity index is 829. The van der Waals surface area contributed by atoms with Gasteiger partial charge in [0, 0.05) is 5.75 Å². The lowest BCUT2D eigenvalue weighted by atomic mass is 9.88. The second kappa shape index (κ2) is 7.96. The smallest absolute Gasteiger partial charge is 0.154 e. The zero-order chi connectivity index (χ0) is 18.6. The van der Waals surface area contributed by atoms with Crippen molar-refractivity contribution in [2.24, 2.45) is 15.9 Å². The van der Waals surface area contributed by atoms with Gasteiger partial charge in [-0.2, -0.15) is 0 Å². The molecule has 2 N–H and O–H groups in total. The van der Waals surface area contributed by atoms with Crippen LogP contribution in [0.5, 0.6) is 0 Å². The first-order valence-electron chi connectivity index (χ1n) is 8.77. The molecule has 136 valence electrons. The van der Waals surface area contributed by atoms with Gasteiger partial charge in [-0.3, -0.25) is 4.99 Å². The van der Waals surface area contributed by atoms with Crippen molar-refractivity contribution in [3.8, 4) is 0 Å². The number of nitrogens with two attached hydrogens (primary N) is 1. The van der Waals surface area contributed by atoms with E-state index in [1.165, 1.54) is 5.56 Å². The molecule has 26 heavy (non-hydrogen) atoms. The van der Waals surface area contributed by atoms with Crippen LogP contribution in [-0.4, -0.2) is 16.6 Å². The van der Waals surface area contributed by atoms with Crippen LogP contribution < -0.4 is 5.73 Å². The second-order valence-corrected chi connectivity index (χ2v) is 7.95. The molecule has 0 spiro atoms. The average molecular weight is 368 g/mol. The van der Waals surface area contributed by atoms with Crippen LogP contribution in [0.15, 0.2) is 58.7 Å². The van der Waals surface area contributed by atoms with E-state index in [-0.39, 0.29) is 5.54 Å². The number of rotatable bonds is 5. The predicted octanol–water partition coefficient (Wildman–Crippen LogP) is 4.60. The summed E-state index contributed by atoms with van der Waals surface area (Å²) in [6.07, 6.45) is 0.974. The molecule has 1 unspecified atom stereocenters. The maximum absolute atomic E-state index is 5.95. The van der Waals surface area contributed by atoms with Crippen molar-refractivity contribution in [2.45, 2.75) is 39.3 Å². The summed E-state index contributed by atoms with van der Waals surface area (Å²) in [5.74, 6) is 0.989. The van der Waals surface area contributed by atoms with E-state index in [2.05, 4.69) is 60.4 Å². The number of hydrogen-bond acceptors (Lipinski definition) is 5. The topological polar surface area (TPSA) is 60.0 Å². The molecule has 2 aromatic rings. The molecule has 0 aromatic heterocycles. The van der Waals surface area contributed by atoms with E-state index >= 15 is 0 Å². The fraction of sp³-hybridized carbons (Fsp3) is 0.333. The average Bonchev–Trinajstić information content (AvgIpc) is 2.63. The van der Waals surface area contributed by atoms with Crippen LogP contribution >= 0.6 is 11.8 Å². The Labute approximate surface area is 159 Å². The number of hydrogen-bond donors (Lipinski definition) is 1. The third-order valence-corrected chi connectivity index (χ3v) is 5.45. The summed E-state index contributed by atoms with van der Waals surface area (Å²) in [4.78, 5) is 10.2. The van der Waals surface area contributed by atoms with Crippen LogP contribution in [0, 0.1) is 6.92 Å². The normalized spacial score (nSPS) is 20.6. The van der Waals surface area contributed by atoms with Gasteiger partial charge in [-0.25, -0.2) is 0 Å². The van der Waals surface area contributed by atoms with E-state index in [4.69, 9.17) is 10.6 Å². The summed E-state index contributed by atoms with van der Waals surface area (Å²) in [6.45, 7) is 6.64. The van der Waals surface area contributed by atoms with Gasteiger partial charge in [0.15, 0.2) is 5.17 Å². The lowest BCUT2D eigenvalue weighted by Gasteiger charge is -2.30. The molecule has 0 radical (unpaired) electrons. The van der Waals surface area contributed by atoms with Crippen molar-refractivity contribution in [3.05, 3.63) is 70.8 Å². The van der Waals surface area contributed by atoms with Crippen molar-refractivity contribution in [1.82, 2.24) is 0 Å². The first kappa shape index (κ1) is 18.5. The molecule has 5 heteroatoms. The van der Waals surface area contributed by atoms with Crippen LogP contribution in [0.3, 0.4) is 0 Å². The molecule has 0 bridgehead atoms. The zero-order valence-electron chi connectivity index (χ0n) is 15.5. The standard InChI is InChI=1S/C21H25N3OS/c1-15-7-9-17(10-8-15)14-25-24-16(2)18-5-4-6-19(13-18)21(3)11-12-26-20(22)23-21/h4-10,13H,11-12,14H2,1-3H3,(H2,22,23)/b24-16+. The Hall–Kier alpha value is -2.27. The number of amidine groups is 1. The van der Waals surface area contributed by atoms with Crippen molar-refractivity contribution in [3.63, 3.8) is 0 Å². The summed E-state index contributed by atoms with van der Waals surface area (Å²) >= 11 is 1.62. The van der Waals surface area contributed by atoms with E-state index in [0.717, 1.165) is 34.6 Å². The van der Waals surface area contributed by atoms with E-state index < -0.39 is 0 Å². The summed E-state index contributed by atoms with van der Waals surface area (Å²) in [5, 5.41) is 4.95. The lowest BCUT2D eigenvalue weighted by Crippen LogP contribution is -2.28. The van der Waals surface area contributed by atoms with Gasteiger partial charge >= 0.3 is 0 Å². The lowest BCUT2D eigenvalue weighted by molar-refractivity contribution is 0.130. The van der Waals surface area contributed by atoms with Gasteiger partial charge < -0.3 is 10.6 Å². The van der Waals surface area contributed by atoms with E-state index in [0.29, 0.717) is 11.8 Å². The number of thioether (sulfide) groups is 1. The molecule has 0 saturated carbocycles.